The third-order valence-corrected chi connectivity index (χ3v) is 1.77. The minimum atomic E-state index is 0.0665. The molecule has 0 fully saturated rings. The van der Waals surface area contributed by atoms with Gasteiger partial charge in [-0.25, -0.2) is 4.98 Å². The molecular weight excluding hydrogens is 166 g/mol. The van der Waals surface area contributed by atoms with Crippen LogP contribution < -0.4 is 0 Å². The van der Waals surface area contributed by atoms with Crippen molar-refractivity contribution in [3.05, 3.63) is 18.2 Å². The molecule has 4 heteroatoms. The molecular formula is C9H15N3O. The first-order chi connectivity index (χ1) is 6.15. The lowest BCUT2D eigenvalue weighted by Crippen LogP contribution is -2.24. The van der Waals surface area contributed by atoms with E-state index in [1.54, 1.807) is 6.20 Å². The van der Waals surface area contributed by atoms with Gasteiger partial charge in [0.2, 0.25) is 5.78 Å². The Morgan fingerprint density at radius 1 is 1.62 bits per heavy atom. The standard InChI is InChI=1S/C9H15N3O/c1-4-12-6-5-10-9(12)8(13)7-11(2)3/h5-6H,4,7H2,1-3H3. The second-order valence-corrected chi connectivity index (χ2v) is 3.20. The van der Waals surface area contributed by atoms with Crippen molar-refractivity contribution in [2.45, 2.75) is 13.5 Å². The Hall–Kier alpha value is -1.16. The van der Waals surface area contributed by atoms with Crippen LogP contribution in [0.2, 0.25) is 0 Å². The maximum Gasteiger partial charge on any atom is 0.212 e. The monoisotopic (exact) mass is 181 g/mol. The second kappa shape index (κ2) is 4.18. The zero-order valence-electron chi connectivity index (χ0n) is 8.32. The summed E-state index contributed by atoms with van der Waals surface area (Å²) in [7, 11) is 3.74. The van der Waals surface area contributed by atoms with E-state index < -0.39 is 0 Å². The van der Waals surface area contributed by atoms with E-state index >= 15 is 0 Å². The minimum Gasteiger partial charge on any atom is -0.329 e. The molecule has 0 amide bonds. The van der Waals surface area contributed by atoms with Gasteiger partial charge in [-0.1, -0.05) is 0 Å². The maximum absolute atomic E-state index is 11.6. The molecule has 0 aliphatic heterocycles. The van der Waals surface area contributed by atoms with Crippen molar-refractivity contribution in [2.24, 2.45) is 0 Å². The first-order valence-corrected chi connectivity index (χ1v) is 4.34. The van der Waals surface area contributed by atoms with Gasteiger partial charge in [-0.15, -0.1) is 0 Å². The summed E-state index contributed by atoms with van der Waals surface area (Å²) in [6.45, 7) is 3.19. The molecule has 0 atom stereocenters. The Kier molecular flexibility index (Phi) is 3.19. The predicted molar refractivity (Wildman–Crippen MR) is 50.8 cm³/mol. The summed E-state index contributed by atoms with van der Waals surface area (Å²) in [5.74, 6) is 0.619. The fourth-order valence-electron chi connectivity index (χ4n) is 1.17. The summed E-state index contributed by atoms with van der Waals surface area (Å²) < 4.78 is 1.85. The van der Waals surface area contributed by atoms with E-state index in [2.05, 4.69) is 4.98 Å². The number of imidazole rings is 1. The molecule has 13 heavy (non-hydrogen) atoms. The number of rotatable bonds is 4. The van der Waals surface area contributed by atoms with Crippen LogP contribution in [0.15, 0.2) is 12.4 Å². The van der Waals surface area contributed by atoms with E-state index in [1.807, 2.05) is 36.7 Å². The van der Waals surface area contributed by atoms with E-state index in [0.717, 1.165) is 6.54 Å². The smallest absolute Gasteiger partial charge is 0.212 e. The van der Waals surface area contributed by atoms with Crippen molar-refractivity contribution in [1.82, 2.24) is 14.5 Å². The minimum absolute atomic E-state index is 0.0665. The summed E-state index contributed by atoms with van der Waals surface area (Å²) >= 11 is 0. The lowest BCUT2D eigenvalue weighted by Gasteiger charge is -2.08. The molecule has 0 aromatic carbocycles. The highest BCUT2D eigenvalue weighted by Gasteiger charge is 2.11. The van der Waals surface area contributed by atoms with Gasteiger partial charge in [0.25, 0.3) is 0 Å². The van der Waals surface area contributed by atoms with Gasteiger partial charge in [0.15, 0.2) is 5.82 Å². The topological polar surface area (TPSA) is 38.1 Å². The summed E-state index contributed by atoms with van der Waals surface area (Å²) in [6.07, 6.45) is 3.48. The Morgan fingerprint density at radius 3 is 2.85 bits per heavy atom. The number of carbonyl (C=O) groups excluding carboxylic acids is 1. The highest BCUT2D eigenvalue weighted by atomic mass is 16.1. The van der Waals surface area contributed by atoms with Gasteiger partial charge in [-0.05, 0) is 21.0 Å². The molecule has 1 rings (SSSR count). The summed E-state index contributed by atoms with van der Waals surface area (Å²) in [6, 6.07) is 0. The van der Waals surface area contributed by atoms with Crippen LogP contribution in [-0.2, 0) is 6.54 Å². The number of aromatic nitrogens is 2. The molecule has 1 aromatic heterocycles. The number of nitrogens with zero attached hydrogens (tertiary/aromatic N) is 3. The van der Waals surface area contributed by atoms with Crippen LogP contribution in [-0.4, -0.2) is 40.9 Å². The van der Waals surface area contributed by atoms with E-state index in [1.165, 1.54) is 0 Å². The SMILES string of the molecule is CCn1ccnc1C(=O)CN(C)C. The summed E-state index contributed by atoms with van der Waals surface area (Å²) in [5, 5.41) is 0. The highest BCUT2D eigenvalue weighted by Crippen LogP contribution is 1.99. The Balaban J connectivity index is 2.76. The molecule has 4 nitrogen and oxygen atoms in total. The van der Waals surface area contributed by atoms with Crippen molar-refractivity contribution in [2.75, 3.05) is 20.6 Å². The highest BCUT2D eigenvalue weighted by molar-refractivity contribution is 5.94. The van der Waals surface area contributed by atoms with Crippen LogP contribution in [0.3, 0.4) is 0 Å². The van der Waals surface area contributed by atoms with E-state index in [4.69, 9.17) is 0 Å². The number of carbonyl (C=O) groups is 1. The molecule has 0 bridgehead atoms. The molecule has 72 valence electrons. The Labute approximate surface area is 78.2 Å². The van der Waals surface area contributed by atoms with Crippen molar-refractivity contribution in [3.8, 4) is 0 Å². The quantitative estimate of drug-likeness (QED) is 0.640. The lowest BCUT2D eigenvalue weighted by atomic mass is 10.3. The molecule has 0 saturated carbocycles. The van der Waals surface area contributed by atoms with Crippen LogP contribution in [0.5, 0.6) is 0 Å². The van der Waals surface area contributed by atoms with Crippen LogP contribution >= 0.6 is 0 Å². The van der Waals surface area contributed by atoms with Gasteiger partial charge in [-0.2, -0.15) is 0 Å². The van der Waals surface area contributed by atoms with Gasteiger partial charge in [0.1, 0.15) is 0 Å². The van der Waals surface area contributed by atoms with Crippen molar-refractivity contribution < 1.29 is 4.79 Å². The first kappa shape index (κ1) is 9.92. The molecule has 1 heterocycles. The molecule has 0 N–H and O–H groups in total. The van der Waals surface area contributed by atoms with Crippen molar-refractivity contribution in [3.63, 3.8) is 0 Å². The van der Waals surface area contributed by atoms with E-state index in [0.29, 0.717) is 12.4 Å². The van der Waals surface area contributed by atoms with Crippen molar-refractivity contribution >= 4 is 5.78 Å². The maximum atomic E-state index is 11.6. The average Bonchev–Trinajstić information content (AvgIpc) is 2.49. The Bertz CT molecular complexity index is 291. The first-order valence-electron chi connectivity index (χ1n) is 4.34. The zero-order chi connectivity index (χ0) is 9.84. The molecule has 0 spiro atoms. The van der Waals surface area contributed by atoms with Crippen LogP contribution in [0.25, 0.3) is 0 Å². The largest absolute Gasteiger partial charge is 0.329 e. The van der Waals surface area contributed by atoms with Crippen LogP contribution in [0.1, 0.15) is 17.5 Å². The molecule has 0 radical (unpaired) electrons. The van der Waals surface area contributed by atoms with Gasteiger partial charge >= 0.3 is 0 Å². The summed E-state index contributed by atoms with van der Waals surface area (Å²) in [5.41, 5.74) is 0. The number of likely N-dealkylation sites (N-methyl/N-ethyl adjacent to an activating group) is 1. The second-order valence-electron chi connectivity index (χ2n) is 3.20. The van der Waals surface area contributed by atoms with E-state index in [9.17, 15) is 4.79 Å². The number of hydrogen-bond donors (Lipinski definition) is 0. The third kappa shape index (κ3) is 2.39. The van der Waals surface area contributed by atoms with Crippen LogP contribution in [0.4, 0.5) is 0 Å². The predicted octanol–water partition coefficient (Wildman–Crippen LogP) is 0.647. The Morgan fingerprint density at radius 2 is 2.31 bits per heavy atom. The number of hydrogen-bond acceptors (Lipinski definition) is 3. The molecule has 0 aliphatic carbocycles. The molecule has 0 aliphatic rings. The third-order valence-electron chi connectivity index (χ3n) is 1.77. The number of aryl methyl sites for hydroxylation is 1. The molecule has 0 unspecified atom stereocenters. The molecule has 1 aromatic rings. The number of ketones is 1. The fraction of sp³-hybridized carbons (Fsp3) is 0.556. The van der Waals surface area contributed by atoms with Crippen molar-refractivity contribution in [1.29, 1.82) is 0 Å². The number of Topliss-reactive ketones (excluding diaryl/α,β-unsaturated/α-hetero) is 1. The normalized spacial score (nSPS) is 10.8. The van der Waals surface area contributed by atoms with Gasteiger partial charge in [0.05, 0.1) is 6.54 Å². The fourth-order valence-corrected chi connectivity index (χ4v) is 1.17. The zero-order valence-corrected chi connectivity index (χ0v) is 8.32. The van der Waals surface area contributed by atoms with Crippen LogP contribution in [0, 0.1) is 0 Å². The molecule has 0 saturated heterocycles. The van der Waals surface area contributed by atoms with E-state index in [-0.39, 0.29) is 5.78 Å². The lowest BCUT2D eigenvalue weighted by molar-refractivity contribution is 0.0943. The summed E-state index contributed by atoms with van der Waals surface area (Å²) in [4.78, 5) is 17.4. The van der Waals surface area contributed by atoms with Gasteiger partial charge < -0.3 is 9.47 Å². The van der Waals surface area contributed by atoms with Gasteiger partial charge in [0, 0.05) is 18.9 Å². The van der Waals surface area contributed by atoms with Gasteiger partial charge in [-0.3, -0.25) is 4.79 Å². The average molecular weight is 181 g/mol.